The normalized spacial score (nSPS) is 11.5. The van der Waals surface area contributed by atoms with Crippen LogP contribution in [0.25, 0.3) is 0 Å². The summed E-state index contributed by atoms with van der Waals surface area (Å²) in [5, 5.41) is 17.6. The second kappa shape index (κ2) is 18.7. The lowest BCUT2D eigenvalue weighted by molar-refractivity contribution is -0.525. The molecule has 0 spiro atoms. The number of hydrazine groups is 1. The Bertz CT molecular complexity index is 1550. The number of nitrogens with zero attached hydrogens (tertiary/aromatic N) is 2. The lowest BCUT2D eigenvalue weighted by Crippen LogP contribution is -2.44. The van der Waals surface area contributed by atoms with E-state index < -0.39 is 40.9 Å². The van der Waals surface area contributed by atoms with Gasteiger partial charge in [0.2, 0.25) is 5.91 Å². The van der Waals surface area contributed by atoms with Gasteiger partial charge in [-0.2, -0.15) is 0 Å². The average Bonchev–Trinajstić information content (AvgIpc) is 3.04. The van der Waals surface area contributed by atoms with Crippen molar-refractivity contribution >= 4 is 35.5 Å². The van der Waals surface area contributed by atoms with Gasteiger partial charge in [0.25, 0.3) is 11.9 Å². The predicted octanol–water partition coefficient (Wildman–Crippen LogP) is 2.97. The van der Waals surface area contributed by atoms with Crippen molar-refractivity contribution < 1.29 is 33.7 Å². The molecule has 0 saturated carbocycles. The minimum absolute atomic E-state index is 0.000107. The van der Waals surface area contributed by atoms with E-state index >= 15 is 0 Å². The van der Waals surface area contributed by atoms with Crippen molar-refractivity contribution in [1.29, 1.82) is 0 Å². The summed E-state index contributed by atoms with van der Waals surface area (Å²) >= 11 is 0. The molecule has 0 saturated heterocycles. The highest BCUT2D eigenvalue weighted by atomic mass is 16.7. The van der Waals surface area contributed by atoms with E-state index in [9.17, 15) is 29.3 Å². The first-order valence-electron chi connectivity index (χ1n) is 14.7. The summed E-state index contributed by atoms with van der Waals surface area (Å²) < 4.78 is 10.5. The van der Waals surface area contributed by atoms with Crippen LogP contribution in [0.15, 0.2) is 83.9 Å². The quantitative estimate of drug-likeness (QED) is 0.0382. The highest BCUT2D eigenvalue weighted by Gasteiger charge is 2.23. The Hall–Kier alpha value is -5.99. The molecule has 248 valence electrons. The predicted molar refractivity (Wildman–Crippen MR) is 172 cm³/mol. The first-order valence-corrected chi connectivity index (χ1v) is 14.7. The van der Waals surface area contributed by atoms with Gasteiger partial charge in [-0.15, -0.1) is 0 Å². The molecule has 0 heterocycles. The lowest BCUT2D eigenvalue weighted by atomic mass is 10.1. The zero-order chi connectivity index (χ0) is 34.0. The number of rotatable bonds is 16. The van der Waals surface area contributed by atoms with Crippen LogP contribution in [0.1, 0.15) is 46.3 Å². The van der Waals surface area contributed by atoms with E-state index in [1.165, 1.54) is 6.07 Å². The fourth-order valence-electron chi connectivity index (χ4n) is 4.16. The molecule has 15 nitrogen and oxygen atoms in total. The van der Waals surface area contributed by atoms with Crippen LogP contribution in [0.3, 0.4) is 0 Å². The van der Waals surface area contributed by atoms with Crippen molar-refractivity contribution in [3.05, 3.63) is 111 Å². The van der Waals surface area contributed by atoms with Gasteiger partial charge in [0.05, 0.1) is 17.7 Å². The third-order valence-corrected chi connectivity index (χ3v) is 6.50. The van der Waals surface area contributed by atoms with Crippen LogP contribution in [0.5, 0.6) is 0 Å². The van der Waals surface area contributed by atoms with Crippen LogP contribution >= 0.6 is 0 Å². The number of carbonyl (C=O) groups is 4. The highest BCUT2D eigenvalue weighted by molar-refractivity contribution is 6.05. The summed E-state index contributed by atoms with van der Waals surface area (Å²) in [6.07, 6.45) is -0.653. The number of nitrogens with two attached hydrogens (primary N) is 1. The van der Waals surface area contributed by atoms with Gasteiger partial charge in [-0.25, -0.2) is 19.9 Å². The maximum Gasteiger partial charge on any atom is 0.408 e. The van der Waals surface area contributed by atoms with Gasteiger partial charge in [0.1, 0.15) is 19.3 Å². The third kappa shape index (κ3) is 13.3. The molecule has 0 radical (unpaired) electrons. The summed E-state index contributed by atoms with van der Waals surface area (Å²) in [5.41, 5.74) is 9.81. The molecule has 0 aromatic heterocycles. The number of guanidine groups is 1. The van der Waals surface area contributed by atoms with Crippen LogP contribution in [-0.2, 0) is 32.3 Å². The van der Waals surface area contributed by atoms with Crippen molar-refractivity contribution in [3.63, 3.8) is 0 Å². The molecule has 0 unspecified atom stereocenters. The van der Waals surface area contributed by atoms with Gasteiger partial charge >= 0.3 is 12.1 Å². The Balaban J connectivity index is 1.62. The molecule has 0 fully saturated rings. The van der Waals surface area contributed by atoms with Gasteiger partial charge in [-0.05, 0) is 48.6 Å². The molecule has 3 amide bonds. The minimum Gasteiger partial charge on any atom is -0.461 e. The van der Waals surface area contributed by atoms with E-state index in [2.05, 4.69) is 20.9 Å². The molecular formula is C32H37N7O8. The number of amides is 3. The fraction of sp³-hybridized carbons (Fsp3) is 0.281. The number of aliphatic imine (C=N–C) groups is 1. The molecule has 3 aromatic rings. The fourth-order valence-corrected chi connectivity index (χ4v) is 4.16. The van der Waals surface area contributed by atoms with Crippen LogP contribution in [0.2, 0.25) is 0 Å². The van der Waals surface area contributed by atoms with Gasteiger partial charge in [0, 0.05) is 13.1 Å². The summed E-state index contributed by atoms with van der Waals surface area (Å²) in [5.74, 6) is -2.08. The smallest absolute Gasteiger partial charge is 0.408 e. The number of benzene rings is 3. The molecule has 0 bridgehead atoms. The largest absolute Gasteiger partial charge is 0.461 e. The Kier molecular flexibility index (Phi) is 14.1. The van der Waals surface area contributed by atoms with E-state index in [1.54, 1.807) is 48.7 Å². The number of esters is 1. The molecular weight excluding hydrogens is 610 g/mol. The van der Waals surface area contributed by atoms with Gasteiger partial charge < -0.3 is 31.2 Å². The summed E-state index contributed by atoms with van der Waals surface area (Å²) in [4.78, 5) is 65.6. The summed E-state index contributed by atoms with van der Waals surface area (Å²) in [7, 11) is 0. The van der Waals surface area contributed by atoms with Crippen molar-refractivity contribution in [1.82, 2.24) is 16.1 Å². The molecule has 47 heavy (non-hydrogen) atoms. The molecule has 0 aliphatic rings. The van der Waals surface area contributed by atoms with Crippen LogP contribution in [0.4, 0.5) is 10.5 Å². The molecule has 0 aliphatic carbocycles. The Morgan fingerprint density at radius 3 is 2.21 bits per heavy atom. The van der Waals surface area contributed by atoms with E-state index in [1.807, 2.05) is 36.4 Å². The number of anilines is 1. The van der Waals surface area contributed by atoms with E-state index in [4.69, 9.17) is 15.2 Å². The van der Waals surface area contributed by atoms with E-state index in [-0.39, 0.29) is 56.8 Å². The SMILES string of the molecule is Cc1ccc(C(=O)NCCC(=O)OCc2ccccc2)c(NC(=O)[C@H](CCCN=C(N)N[N+](=O)[O-])NC(=O)OCc2ccccc2)c1. The Morgan fingerprint density at radius 2 is 1.57 bits per heavy atom. The van der Waals surface area contributed by atoms with Gasteiger partial charge in [-0.1, -0.05) is 72.2 Å². The Morgan fingerprint density at radius 1 is 0.936 bits per heavy atom. The van der Waals surface area contributed by atoms with Crippen LogP contribution in [0, 0.1) is 17.0 Å². The van der Waals surface area contributed by atoms with Crippen LogP contribution in [-0.4, -0.2) is 54.0 Å². The first kappa shape index (κ1) is 35.5. The molecule has 3 aromatic carbocycles. The van der Waals surface area contributed by atoms with Crippen molar-refractivity contribution in [2.24, 2.45) is 10.7 Å². The highest BCUT2D eigenvalue weighted by Crippen LogP contribution is 2.19. The topological polar surface area (TPSA) is 216 Å². The number of carbonyl (C=O) groups excluding carboxylic acids is 4. The minimum atomic E-state index is -1.13. The Labute approximate surface area is 271 Å². The molecule has 6 N–H and O–H groups in total. The number of hydrogen-bond donors (Lipinski definition) is 5. The second-order valence-corrected chi connectivity index (χ2v) is 10.2. The number of nitro groups is 1. The zero-order valence-corrected chi connectivity index (χ0v) is 25.8. The standard InChI is InChI=1S/C32H37N7O8/c1-22-14-15-25(29(41)34-18-16-28(40)46-20-23-9-4-2-5-10-23)27(19-22)36-30(42)26(13-8-17-35-31(33)38-39(44)45)37-32(43)47-21-24-11-6-3-7-12-24/h2-7,9-12,14-15,19,26H,8,13,16-18,20-21H2,1H3,(H,34,41)(H,36,42)(H,37,43)(H3,33,35,38)/t26-/m0/s1. The number of nitrogens with one attached hydrogen (secondary N) is 4. The van der Waals surface area contributed by atoms with Crippen molar-refractivity contribution in [3.8, 4) is 0 Å². The van der Waals surface area contributed by atoms with Gasteiger partial charge in [0.15, 0.2) is 5.03 Å². The van der Waals surface area contributed by atoms with Gasteiger partial charge in [-0.3, -0.25) is 14.4 Å². The number of hydrogen-bond acceptors (Lipinski definition) is 9. The molecule has 0 aliphatic heterocycles. The first-order chi connectivity index (χ1) is 22.6. The van der Waals surface area contributed by atoms with Crippen molar-refractivity contribution in [2.45, 2.75) is 45.4 Å². The average molecular weight is 648 g/mol. The third-order valence-electron chi connectivity index (χ3n) is 6.50. The van der Waals surface area contributed by atoms with Crippen LogP contribution < -0.4 is 27.1 Å². The van der Waals surface area contributed by atoms with E-state index in [0.717, 1.165) is 16.7 Å². The number of alkyl carbamates (subject to hydrolysis) is 1. The second-order valence-electron chi connectivity index (χ2n) is 10.2. The maximum absolute atomic E-state index is 13.4. The number of aryl methyl sites for hydroxylation is 1. The summed E-state index contributed by atoms with van der Waals surface area (Å²) in [6.45, 7) is 1.88. The lowest BCUT2D eigenvalue weighted by Gasteiger charge is -2.19. The molecule has 3 rings (SSSR count). The molecule has 1 atom stereocenters. The van der Waals surface area contributed by atoms with Crippen molar-refractivity contribution in [2.75, 3.05) is 18.4 Å². The summed E-state index contributed by atoms with van der Waals surface area (Å²) in [6, 6.07) is 21.8. The number of ether oxygens (including phenoxy) is 2. The maximum atomic E-state index is 13.4. The zero-order valence-electron chi connectivity index (χ0n) is 25.8. The van der Waals surface area contributed by atoms with E-state index in [0.29, 0.717) is 0 Å². The monoisotopic (exact) mass is 647 g/mol. The molecule has 15 heteroatoms.